The Morgan fingerprint density at radius 1 is 0.778 bits per heavy atom. The molecule has 18 heavy (non-hydrogen) atoms. The van der Waals surface area contributed by atoms with Crippen molar-refractivity contribution < 1.29 is 0 Å². The van der Waals surface area contributed by atoms with Crippen LogP contribution < -0.4 is 0 Å². The van der Waals surface area contributed by atoms with Gasteiger partial charge in [0, 0.05) is 5.92 Å². The summed E-state index contributed by atoms with van der Waals surface area (Å²) in [5.41, 5.74) is 4.36. The van der Waals surface area contributed by atoms with Gasteiger partial charge in [0.05, 0.1) is 0 Å². The molecule has 0 bridgehead atoms. The van der Waals surface area contributed by atoms with Crippen molar-refractivity contribution in [3.8, 4) is 0 Å². The molecular weight excluding hydrogens is 216 g/mol. The predicted octanol–water partition coefficient (Wildman–Crippen LogP) is 5.04. The average Bonchev–Trinajstić information content (AvgIpc) is 2.39. The van der Waals surface area contributed by atoms with E-state index >= 15 is 0 Å². The summed E-state index contributed by atoms with van der Waals surface area (Å²) < 4.78 is 0. The number of rotatable bonds is 4. The van der Waals surface area contributed by atoms with Gasteiger partial charge < -0.3 is 0 Å². The molecule has 0 amide bonds. The molecule has 1 unspecified atom stereocenters. The standard InChI is InChI=1S/C18H22/c1-14(2)13-17-11-7-8-12-18(17)15(3)16-9-5-4-6-10-16/h4-12,14-15H,13H2,1-3H3. The van der Waals surface area contributed by atoms with Crippen molar-refractivity contribution in [1.29, 1.82) is 0 Å². The number of hydrogen-bond donors (Lipinski definition) is 0. The van der Waals surface area contributed by atoms with Crippen LogP contribution in [-0.2, 0) is 6.42 Å². The van der Waals surface area contributed by atoms with Gasteiger partial charge in [0.25, 0.3) is 0 Å². The monoisotopic (exact) mass is 238 g/mol. The normalized spacial score (nSPS) is 12.7. The highest BCUT2D eigenvalue weighted by molar-refractivity contribution is 5.37. The Morgan fingerprint density at radius 3 is 2.06 bits per heavy atom. The van der Waals surface area contributed by atoms with E-state index < -0.39 is 0 Å². The Balaban J connectivity index is 2.33. The second kappa shape index (κ2) is 5.86. The topological polar surface area (TPSA) is 0 Å². The maximum atomic E-state index is 2.30. The lowest BCUT2D eigenvalue weighted by Crippen LogP contribution is -2.03. The van der Waals surface area contributed by atoms with Crippen LogP contribution in [0.2, 0.25) is 0 Å². The molecule has 0 aliphatic rings. The van der Waals surface area contributed by atoms with Crippen LogP contribution in [0.5, 0.6) is 0 Å². The molecule has 2 rings (SSSR count). The van der Waals surface area contributed by atoms with Crippen LogP contribution in [-0.4, -0.2) is 0 Å². The van der Waals surface area contributed by atoms with E-state index in [9.17, 15) is 0 Å². The summed E-state index contributed by atoms with van der Waals surface area (Å²) in [6, 6.07) is 19.6. The minimum absolute atomic E-state index is 0.473. The molecule has 0 spiro atoms. The number of hydrogen-bond acceptors (Lipinski definition) is 0. The van der Waals surface area contributed by atoms with E-state index in [0.29, 0.717) is 11.8 Å². The summed E-state index contributed by atoms with van der Waals surface area (Å²) in [5, 5.41) is 0. The van der Waals surface area contributed by atoms with E-state index in [0.717, 1.165) is 6.42 Å². The zero-order valence-electron chi connectivity index (χ0n) is 11.6. The fraction of sp³-hybridized carbons (Fsp3) is 0.333. The van der Waals surface area contributed by atoms with Crippen LogP contribution >= 0.6 is 0 Å². The second-order valence-electron chi connectivity index (χ2n) is 5.43. The van der Waals surface area contributed by atoms with Crippen molar-refractivity contribution in [1.82, 2.24) is 0 Å². The van der Waals surface area contributed by atoms with Crippen LogP contribution in [0.3, 0.4) is 0 Å². The molecule has 2 aromatic carbocycles. The fourth-order valence-electron chi connectivity index (χ4n) is 2.50. The third-order valence-corrected chi connectivity index (χ3v) is 3.45. The first kappa shape index (κ1) is 12.9. The molecule has 0 heteroatoms. The van der Waals surface area contributed by atoms with Crippen LogP contribution in [0.4, 0.5) is 0 Å². The van der Waals surface area contributed by atoms with Gasteiger partial charge >= 0.3 is 0 Å². The highest BCUT2D eigenvalue weighted by atomic mass is 14.2. The van der Waals surface area contributed by atoms with Crippen molar-refractivity contribution >= 4 is 0 Å². The minimum atomic E-state index is 0.473. The van der Waals surface area contributed by atoms with Gasteiger partial charge in [-0.15, -0.1) is 0 Å². The summed E-state index contributed by atoms with van der Waals surface area (Å²) >= 11 is 0. The van der Waals surface area contributed by atoms with Gasteiger partial charge in [-0.3, -0.25) is 0 Å². The quantitative estimate of drug-likeness (QED) is 0.700. The highest BCUT2D eigenvalue weighted by Gasteiger charge is 2.12. The summed E-state index contributed by atoms with van der Waals surface area (Å²) in [5.74, 6) is 1.18. The maximum absolute atomic E-state index is 2.30. The lowest BCUT2D eigenvalue weighted by atomic mass is 9.87. The zero-order valence-corrected chi connectivity index (χ0v) is 11.6. The molecule has 0 nitrogen and oxygen atoms in total. The Morgan fingerprint density at radius 2 is 1.39 bits per heavy atom. The van der Waals surface area contributed by atoms with Gasteiger partial charge in [-0.2, -0.15) is 0 Å². The molecule has 0 fully saturated rings. The molecular formula is C18H22. The largest absolute Gasteiger partial charge is 0.0625 e. The van der Waals surface area contributed by atoms with E-state index in [2.05, 4.69) is 75.4 Å². The van der Waals surface area contributed by atoms with E-state index in [1.54, 1.807) is 0 Å². The summed E-state index contributed by atoms with van der Waals surface area (Å²) in [6.07, 6.45) is 1.16. The first-order valence-electron chi connectivity index (χ1n) is 6.81. The van der Waals surface area contributed by atoms with Crippen LogP contribution in [0.1, 0.15) is 43.4 Å². The Bertz CT molecular complexity index is 482. The van der Waals surface area contributed by atoms with E-state index in [4.69, 9.17) is 0 Å². The number of benzene rings is 2. The van der Waals surface area contributed by atoms with Crippen molar-refractivity contribution in [2.24, 2.45) is 5.92 Å². The van der Waals surface area contributed by atoms with Crippen LogP contribution in [0.15, 0.2) is 54.6 Å². The molecule has 0 aliphatic carbocycles. The third-order valence-electron chi connectivity index (χ3n) is 3.45. The highest BCUT2D eigenvalue weighted by Crippen LogP contribution is 2.28. The summed E-state index contributed by atoms with van der Waals surface area (Å²) in [4.78, 5) is 0. The Hall–Kier alpha value is -1.56. The van der Waals surface area contributed by atoms with Gasteiger partial charge in [-0.1, -0.05) is 75.4 Å². The SMILES string of the molecule is CC(C)Cc1ccccc1C(C)c1ccccc1. The van der Waals surface area contributed by atoms with Crippen LogP contribution in [0, 0.1) is 5.92 Å². The summed E-state index contributed by atoms with van der Waals surface area (Å²) in [6.45, 7) is 6.86. The lowest BCUT2D eigenvalue weighted by Gasteiger charge is -2.18. The van der Waals surface area contributed by atoms with Crippen molar-refractivity contribution in [3.05, 3.63) is 71.3 Å². The van der Waals surface area contributed by atoms with Crippen molar-refractivity contribution in [2.45, 2.75) is 33.1 Å². The Kier molecular flexibility index (Phi) is 4.19. The Labute approximate surface area is 111 Å². The van der Waals surface area contributed by atoms with E-state index in [-0.39, 0.29) is 0 Å². The van der Waals surface area contributed by atoms with Crippen LogP contribution in [0.25, 0.3) is 0 Å². The zero-order chi connectivity index (χ0) is 13.0. The predicted molar refractivity (Wildman–Crippen MR) is 78.9 cm³/mol. The van der Waals surface area contributed by atoms with Gasteiger partial charge in [0.1, 0.15) is 0 Å². The van der Waals surface area contributed by atoms with Gasteiger partial charge in [0.2, 0.25) is 0 Å². The molecule has 0 saturated carbocycles. The molecule has 0 heterocycles. The third kappa shape index (κ3) is 3.01. The molecule has 2 aromatic rings. The first-order valence-corrected chi connectivity index (χ1v) is 6.81. The first-order chi connectivity index (χ1) is 8.68. The second-order valence-corrected chi connectivity index (χ2v) is 5.43. The summed E-state index contributed by atoms with van der Waals surface area (Å²) in [7, 11) is 0. The average molecular weight is 238 g/mol. The molecule has 0 saturated heterocycles. The van der Waals surface area contributed by atoms with Gasteiger partial charge in [0.15, 0.2) is 0 Å². The molecule has 0 N–H and O–H groups in total. The molecule has 94 valence electrons. The van der Waals surface area contributed by atoms with Gasteiger partial charge in [-0.25, -0.2) is 0 Å². The molecule has 0 aromatic heterocycles. The lowest BCUT2D eigenvalue weighted by molar-refractivity contribution is 0.640. The van der Waals surface area contributed by atoms with E-state index in [1.807, 2.05) is 0 Å². The molecule has 1 atom stereocenters. The van der Waals surface area contributed by atoms with E-state index in [1.165, 1.54) is 16.7 Å². The molecule has 0 radical (unpaired) electrons. The maximum Gasteiger partial charge on any atom is 0.00637 e. The van der Waals surface area contributed by atoms with Crippen molar-refractivity contribution in [2.75, 3.05) is 0 Å². The fourth-order valence-corrected chi connectivity index (χ4v) is 2.50. The van der Waals surface area contributed by atoms with Crippen molar-refractivity contribution in [3.63, 3.8) is 0 Å². The smallest absolute Gasteiger partial charge is 0.00637 e. The van der Waals surface area contributed by atoms with Gasteiger partial charge in [-0.05, 0) is 29.0 Å². The molecule has 0 aliphatic heterocycles. The minimum Gasteiger partial charge on any atom is -0.0625 e.